The molecule has 0 radical (unpaired) electrons. The Balaban J connectivity index is 3.21. The summed E-state index contributed by atoms with van der Waals surface area (Å²) in [4.78, 5) is 11.2. The molecule has 1 aromatic carbocycles. The fraction of sp³-hybridized carbons (Fsp3) is 0.385. The van der Waals surface area contributed by atoms with Gasteiger partial charge in [-0.15, -0.1) is 0 Å². The lowest BCUT2D eigenvalue weighted by molar-refractivity contribution is -0.142. The molecule has 0 heterocycles. The zero-order valence-corrected chi connectivity index (χ0v) is 12.0. The van der Waals surface area contributed by atoms with E-state index in [-0.39, 0.29) is 52.9 Å². The van der Waals surface area contributed by atoms with Crippen molar-refractivity contribution in [3.05, 3.63) is 28.8 Å². The molecule has 0 bridgehead atoms. The summed E-state index contributed by atoms with van der Waals surface area (Å²) in [5.41, 5.74) is 1.36. The van der Waals surface area contributed by atoms with Crippen LogP contribution in [-0.2, 0) is 22.5 Å². The van der Waals surface area contributed by atoms with Gasteiger partial charge in [0.25, 0.3) is 0 Å². The van der Waals surface area contributed by atoms with E-state index < -0.39 is 11.5 Å². The third-order valence-electron chi connectivity index (χ3n) is 2.47. The number of halogens is 3. The van der Waals surface area contributed by atoms with Crippen LogP contribution in [0.4, 0.5) is 13.2 Å². The van der Waals surface area contributed by atoms with Gasteiger partial charge in [-0.2, -0.15) is 18.4 Å². The van der Waals surface area contributed by atoms with Crippen molar-refractivity contribution in [2.75, 3.05) is 6.61 Å². The molecule has 4 nitrogen and oxygen atoms in total. The summed E-state index contributed by atoms with van der Waals surface area (Å²) in [5.74, 6) is -0.565. The van der Waals surface area contributed by atoms with Gasteiger partial charge in [0.1, 0.15) is 0 Å². The third kappa shape index (κ3) is 5.28. The molecule has 0 atom stereocenters. The zero-order chi connectivity index (χ0) is 16.0. The fourth-order valence-corrected chi connectivity index (χ4v) is 2.49. The molecule has 0 saturated heterocycles. The van der Waals surface area contributed by atoms with Gasteiger partial charge in [0, 0.05) is 11.4 Å². The van der Waals surface area contributed by atoms with Crippen LogP contribution in [0.3, 0.4) is 0 Å². The van der Waals surface area contributed by atoms with Crippen LogP contribution in [-0.4, -0.2) is 18.1 Å². The van der Waals surface area contributed by atoms with Gasteiger partial charge in [0.15, 0.2) is 0 Å². The van der Waals surface area contributed by atoms with Crippen LogP contribution in [0.5, 0.6) is 0 Å². The van der Waals surface area contributed by atoms with E-state index in [1.165, 1.54) is 12.1 Å². The van der Waals surface area contributed by atoms with E-state index in [1.54, 1.807) is 13.0 Å². The normalized spacial score (nSPS) is 11.0. The zero-order valence-electron chi connectivity index (χ0n) is 11.2. The average Bonchev–Trinajstić information content (AvgIpc) is 2.36. The van der Waals surface area contributed by atoms with Gasteiger partial charge in [-0.05, 0) is 41.9 Å². The maximum absolute atomic E-state index is 12.6. The SMILES string of the molecule is CCOC(=O)Cc1cc(C#N)c(CN)c(SC(F)(F)F)c1. The van der Waals surface area contributed by atoms with E-state index in [2.05, 4.69) is 0 Å². The standard InChI is InChI=1S/C13H13F3N2O2S/c1-2-20-12(19)5-8-3-9(6-17)10(7-18)11(4-8)21-13(14,15)16/h3-4H,2,5,7,18H2,1H3. The monoisotopic (exact) mass is 318 g/mol. The number of benzene rings is 1. The third-order valence-corrected chi connectivity index (χ3v) is 3.29. The Hall–Kier alpha value is -1.72. The summed E-state index contributed by atoms with van der Waals surface area (Å²) in [6.45, 7) is 1.61. The summed E-state index contributed by atoms with van der Waals surface area (Å²) in [6.07, 6.45) is -0.196. The van der Waals surface area contributed by atoms with Crippen LogP contribution >= 0.6 is 11.8 Å². The molecule has 0 aliphatic heterocycles. The van der Waals surface area contributed by atoms with Crippen LogP contribution in [0.2, 0.25) is 0 Å². The molecule has 21 heavy (non-hydrogen) atoms. The molecule has 1 rings (SSSR count). The molecule has 0 spiro atoms. The largest absolute Gasteiger partial charge is 0.466 e. The van der Waals surface area contributed by atoms with Gasteiger partial charge in [-0.1, -0.05) is 0 Å². The number of rotatable bonds is 5. The Bertz CT molecular complexity index is 568. The van der Waals surface area contributed by atoms with Crippen LogP contribution in [0, 0.1) is 11.3 Å². The number of nitrogens with zero attached hydrogens (tertiary/aromatic N) is 1. The second kappa shape index (κ2) is 7.33. The Kier molecular flexibility index (Phi) is 6.05. The molecule has 0 aliphatic carbocycles. The number of alkyl halides is 3. The highest BCUT2D eigenvalue weighted by molar-refractivity contribution is 8.00. The Morgan fingerprint density at radius 3 is 2.62 bits per heavy atom. The molecule has 114 valence electrons. The summed E-state index contributed by atoms with van der Waals surface area (Å²) in [7, 11) is 0. The topological polar surface area (TPSA) is 76.1 Å². The molecule has 0 fully saturated rings. The van der Waals surface area contributed by atoms with Gasteiger partial charge < -0.3 is 10.5 Å². The number of esters is 1. The molecule has 0 aliphatic rings. The van der Waals surface area contributed by atoms with Gasteiger partial charge in [-0.25, -0.2) is 0 Å². The Morgan fingerprint density at radius 2 is 2.14 bits per heavy atom. The first kappa shape index (κ1) is 17.3. The predicted molar refractivity (Wildman–Crippen MR) is 71.3 cm³/mol. The quantitative estimate of drug-likeness (QED) is 0.667. The van der Waals surface area contributed by atoms with E-state index in [0.717, 1.165) is 0 Å². The van der Waals surface area contributed by atoms with Crippen molar-refractivity contribution >= 4 is 17.7 Å². The van der Waals surface area contributed by atoms with Crippen molar-refractivity contribution in [2.45, 2.75) is 30.3 Å². The molecule has 0 aromatic heterocycles. The van der Waals surface area contributed by atoms with E-state index in [1.807, 2.05) is 0 Å². The number of carbonyl (C=O) groups is 1. The lowest BCUT2D eigenvalue weighted by Gasteiger charge is -2.13. The smallest absolute Gasteiger partial charge is 0.446 e. The van der Waals surface area contributed by atoms with E-state index in [9.17, 15) is 18.0 Å². The van der Waals surface area contributed by atoms with Crippen molar-refractivity contribution in [3.63, 3.8) is 0 Å². The van der Waals surface area contributed by atoms with Gasteiger partial charge >= 0.3 is 11.5 Å². The number of thioether (sulfide) groups is 1. The number of carbonyl (C=O) groups excluding carboxylic acids is 1. The molecule has 0 saturated carbocycles. The minimum absolute atomic E-state index is 0.0334. The highest BCUT2D eigenvalue weighted by Crippen LogP contribution is 2.39. The minimum atomic E-state index is -4.50. The van der Waals surface area contributed by atoms with E-state index in [4.69, 9.17) is 15.7 Å². The summed E-state index contributed by atoms with van der Waals surface area (Å²) in [6, 6.07) is 4.39. The molecule has 2 N–H and O–H groups in total. The molecule has 0 amide bonds. The fourth-order valence-electron chi connectivity index (χ4n) is 1.71. The van der Waals surface area contributed by atoms with Crippen LogP contribution in [0.15, 0.2) is 17.0 Å². The van der Waals surface area contributed by atoms with Gasteiger partial charge in [0.2, 0.25) is 0 Å². The van der Waals surface area contributed by atoms with Gasteiger partial charge in [-0.3, -0.25) is 4.79 Å². The maximum Gasteiger partial charge on any atom is 0.446 e. The number of nitrogens with two attached hydrogens (primary N) is 1. The Labute approximate surface area is 124 Å². The molecule has 8 heteroatoms. The van der Waals surface area contributed by atoms with E-state index in [0.29, 0.717) is 0 Å². The summed E-state index contributed by atoms with van der Waals surface area (Å²) < 4.78 is 42.4. The number of ether oxygens (including phenoxy) is 1. The summed E-state index contributed by atoms with van der Waals surface area (Å²) >= 11 is -0.347. The second-order valence-corrected chi connectivity index (χ2v) is 5.07. The highest BCUT2D eigenvalue weighted by atomic mass is 32.2. The van der Waals surface area contributed by atoms with Crippen molar-refractivity contribution in [1.82, 2.24) is 0 Å². The maximum atomic E-state index is 12.6. The van der Waals surface area contributed by atoms with Crippen molar-refractivity contribution < 1.29 is 22.7 Å². The van der Waals surface area contributed by atoms with E-state index >= 15 is 0 Å². The first-order chi connectivity index (χ1) is 9.80. The first-order valence-electron chi connectivity index (χ1n) is 5.98. The Morgan fingerprint density at radius 1 is 1.48 bits per heavy atom. The van der Waals surface area contributed by atoms with Crippen LogP contribution in [0.25, 0.3) is 0 Å². The molecular formula is C13H13F3N2O2S. The minimum Gasteiger partial charge on any atom is -0.466 e. The van der Waals surface area contributed by atoms with Crippen molar-refractivity contribution in [1.29, 1.82) is 5.26 Å². The first-order valence-corrected chi connectivity index (χ1v) is 6.79. The van der Waals surface area contributed by atoms with Crippen molar-refractivity contribution in [2.24, 2.45) is 5.73 Å². The predicted octanol–water partition coefficient (Wildman–Crippen LogP) is 2.73. The summed E-state index contributed by atoms with van der Waals surface area (Å²) in [5, 5.41) is 9.02. The number of nitriles is 1. The molecule has 1 aromatic rings. The molecular weight excluding hydrogens is 305 g/mol. The van der Waals surface area contributed by atoms with Crippen molar-refractivity contribution in [3.8, 4) is 6.07 Å². The molecule has 0 unspecified atom stereocenters. The average molecular weight is 318 g/mol. The van der Waals surface area contributed by atoms with Gasteiger partial charge in [0.05, 0.1) is 24.7 Å². The number of hydrogen-bond acceptors (Lipinski definition) is 5. The highest BCUT2D eigenvalue weighted by Gasteiger charge is 2.31. The lowest BCUT2D eigenvalue weighted by atomic mass is 10.0. The number of hydrogen-bond donors (Lipinski definition) is 1. The van der Waals surface area contributed by atoms with Crippen LogP contribution in [0.1, 0.15) is 23.6 Å². The lowest BCUT2D eigenvalue weighted by Crippen LogP contribution is -2.10. The van der Waals surface area contributed by atoms with Crippen LogP contribution < -0.4 is 5.73 Å². The second-order valence-electron chi connectivity index (χ2n) is 3.97.